The van der Waals surface area contributed by atoms with E-state index in [1.165, 1.54) is 5.57 Å². The van der Waals surface area contributed by atoms with E-state index in [1.807, 2.05) is 27.7 Å². The summed E-state index contributed by atoms with van der Waals surface area (Å²) in [4.78, 5) is 11.5. The lowest BCUT2D eigenvalue weighted by Crippen LogP contribution is -2.23. The molecule has 0 aliphatic rings. The van der Waals surface area contributed by atoms with Crippen molar-refractivity contribution in [2.24, 2.45) is 11.3 Å². The quantitative estimate of drug-likeness (QED) is 0.395. The Morgan fingerprint density at radius 3 is 2.47 bits per heavy atom. The topological polar surface area (TPSA) is 26.3 Å². The number of allylic oxidation sites excluding steroid dienone is 1. The molecule has 1 unspecified atom stereocenters. The van der Waals surface area contributed by atoms with Crippen molar-refractivity contribution in [1.82, 2.24) is 0 Å². The van der Waals surface area contributed by atoms with Gasteiger partial charge >= 0.3 is 5.97 Å². The third kappa shape index (κ3) is 7.82. The van der Waals surface area contributed by atoms with Crippen LogP contribution < -0.4 is 0 Å². The number of ether oxygens (including phenoxy) is 1. The highest BCUT2D eigenvalue weighted by molar-refractivity contribution is 5.75. The molecule has 0 aliphatic heterocycles. The van der Waals surface area contributed by atoms with E-state index in [4.69, 9.17) is 4.74 Å². The maximum Gasteiger partial charge on any atom is 0.311 e. The molecule has 0 aromatic heterocycles. The highest BCUT2D eigenvalue weighted by atomic mass is 16.5. The average molecular weight is 238 g/mol. The van der Waals surface area contributed by atoms with E-state index in [0.717, 1.165) is 19.3 Å². The Hall–Kier alpha value is -1.01. The Kier molecular flexibility index (Phi) is 6.91. The Morgan fingerprint density at radius 1 is 1.41 bits per heavy atom. The van der Waals surface area contributed by atoms with Gasteiger partial charge in [-0.3, -0.25) is 4.79 Å². The molecule has 0 rings (SSSR count). The van der Waals surface area contributed by atoms with Gasteiger partial charge in [-0.25, -0.2) is 0 Å². The van der Waals surface area contributed by atoms with Crippen molar-refractivity contribution in [3.63, 3.8) is 0 Å². The monoisotopic (exact) mass is 238 g/mol. The summed E-state index contributed by atoms with van der Waals surface area (Å²) >= 11 is 0. The average Bonchev–Trinajstić information content (AvgIpc) is 2.22. The van der Waals surface area contributed by atoms with Gasteiger partial charge in [0.05, 0.1) is 12.0 Å². The minimum absolute atomic E-state index is 0.118. The molecule has 17 heavy (non-hydrogen) atoms. The van der Waals surface area contributed by atoms with E-state index in [9.17, 15) is 4.79 Å². The van der Waals surface area contributed by atoms with E-state index in [0.29, 0.717) is 12.5 Å². The molecule has 0 bridgehead atoms. The molecule has 0 aliphatic carbocycles. The second-order valence-electron chi connectivity index (χ2n) is 5.79. The van der Waals surface area contributed by atoms with E-state index in [-0.39, 0.29) is 5.97 Å². The van der Waals surface area contributed by atoms with Crippen LogP contribution in [0.5, 0.6) is 0 Å². The zero-order chi connectivity index (χ0) is 13.5. The normalized spacial score (nSPS) is 12.8. The zero-order valence-electron chi connectivity index (χ0n) is 11.9. The van der Waals surface area contributed by atoms with E-state index < -0.39 is 5.41 Å². The van der Waals surface area contributed by atoms with Crippen LogP contribution in [-0.4, -0.2) is 12.6 Å². The number of rotatable bonds is 6. The van der Waals surface area contributed by atoms with Crippen LogP contribution in [0, 0.1) is 11.3 Å². The summed E-state index contributed by atoms with van der Waals surface area (Å²) in [6.07, 6.45) is 3.01. The molecular weight excluding hydrogens is 212 g/mol. The Morgan fingerprint density at radius 2 is 2.00 bits per heavy atom. The molecule has 0 amide bonds. The fourth-order valence-corrected chi connectivity index (χ4v) is 1.51. The van der Waals surface area contributed by atoms with Gasteiger partial charge in [0.15, 0.2) is 0 Å². The van der Waals surface area contributed by atoms with Crippen LogP contribution in [-0.2, 0) is 9.53 Å². The molecule has 0 spiro atoms. The summed E-state index contributed by atoms with van der Waals surface area (Å²) in [7, 11) is 0. The number of esters is 1. The first kappa shape index (κ1) is 16.0. The molecule has 0 saturated heterocycles. The SMILES string of the molecule is C=C=C(C)CC(C)CCCOC(=O)C(C)(C)C. The van der Waals surface area contributed by atoms with Crippen molar-refractivity contribution in [2.75, 3.05) is 6.61 Å². The van der Waals surface area contributed by atoms with E-state index >= 15 is 0 Å². The fraction of sp³-hybridized carbons (Fsp3) is 0.733. The maximum absolute atomic E-state index is 11.5. The van der Waals surface area contributed by atoms with Crippen LogP contribution in [0.25, 0.3) is 0 Å². The lowest BCUT2D eigenvalue weighted by Gasteiger charge is -2.17. The molecular formula is C15H26O2. The van der Waals surface area contributed by atoms with Crippen LogP contribution in [0.15, 0.2) is 17.9 Å². The van der Waals surface area contributed by atoms with Gasteiger partial charge in [0.1, 0.15) is 0 Å². The second kappa shape index (κ2) is 7.34. The summed E-state index contributed by atoms with van der Waals surface area (Å²) in [6, 6.07) is 0. The summed E-state index contributed by atoms with van der Waals surface area (Å²) in [5, 5.41) is 0. The maximum atomic E-state index is 11.5. The van der Waals surface area contributed by atoms with Crippen LogP contribution in [0.2, 0.25) is 0 Å². The molecule has 0 aromatic rings. The standard InChI is InChI=1S/C15H26O2/c1-7-12(2)11-13(3)9-8-10-17-14(16)15(4,5)6/h13H,1,8-11H2,2-6H3. The molecule has 1 atom stereocenters. The van der Waals surface area contributed by atoms with Crippen LogP contribution in [0.4, 0.5) is 0 Å². The van der Waals surface area contributed by atoms with Crippen molar-refractivity contribution >= 4 is 5.97 Å². The minimum atomic E-state index is -0.395. The second-order valence-corrected chi connectivity index (χ2v) is 5.79. The van der Waals surface area contributed by atoms with Crippen molar-refractivity contribution in [1.29, 1.82) is 0 Å². The lowest BCUT2D eigenvalue weighted by atomic mass is 9.97. The van der Waals surface area contributed by atoms with Gasteiger partial charge in [-0.05, 0) is 58.4 Å². The van der Waals surface area contributed by atoms with Gasteiger partial charge in [-0.15, -0.1) is 5.73 Å². The summed E-state index contributed by atoms with van der Waals surface area (Å²) in [6.45, 7) is 14.0. The molecule has 0 saturated carbocycles. The molecule has 98 valence electrons. The molecule has 0 heterocycles. The molecule has 0 radical (unpaired) electrons. The van der Waals surface area contributed by atoms with Crippen molar-refractivity contribution in [2.45, 2.75) is 53.9 Å². The lowest BCUT2D eigenvalue weighted by molar-refractivity contribution is -0.153. The predicted molar refractivity (Wildman–Crippen MR) is 71.8 cm³/mol. The number of carbonyl (C=O) groups excluding carboxylic acids is 1. The molecule has 2 nitrogen and oxygen atoms in total. The first-order chi connectivity index (χ1) is 7.77. The summed E-state index contributed by atoms with van der Waals surface area (Å²) in [5.41, 5.74) is 3.71. The minimum Gasteiger partial charge on any atom is -0.465 e. The first-order valence-electron chi connectivity index (χ1n) is 6.30. The van der Waals surface area contributed by atoms with Crippen LogP contribution in [0.1, 0.15) is 53.9 Å². The summed E-state index contributed by atoms with van der Waals surface area (Å²) < 4.78 is 5.21. The van der Waals surface area contributed by atoms with Gasteiger partial charge in [0.25, 0.3) is 0 Å². The number of hydrogen-bond donors (Lipinski definition) is 0. The third-order valence-electron chi connectivity index (χ3n) is 2.64. The fourth-order valence-electron chi connectivity index (χ4n) is 1.51. The highest BCUT2D eigenvalue weighted by Crippen LogP contribution is 2.17. The smallest absolute Gasteiger partial charge is 0.311 e. The van der Waals surface area contributed by atoms with Crippen molar-refractivity contribution in [3.8, 4) is 0 Å². The largest absolute Gasteiger partial charge is 0.465 e. The van der Waals surface area contributed by atoms with Crippen LogP contribution in [0.3, 0.4) is 0 Å². The molecule has 0 fully saturated rings. The third-order valence-corrected chi connectivity index (χ3v) is 2.64. The Bertz CT molecular complexity index is 291. The highest BCUT2D eigenvalue weighted by Gasteiger charge is 2.22. The van der Waals surface area contributed by atoms with Gasteiger partial charge in [0, 0.05) is 0 Å². The van der Waals surface area contributed by atoms with Crippen molar-refractivity contribution in [3.05, 3.63) is 17.9 Å². The van der Waals surface area contributed by atoms with E-state index in [1.54, 1.807) is 0 Å². The molecule has 2 heteroatoms. The van der Waals surface area contributed by atoms with Gasteiger partial charge in [0.2, 0.25) is 0 Å². The number of carbonyl (C=O) groups is 1. The van der Waals surface area contributed by atoms with E-state index in [2.05, 4.69) is 19.2 Å². The van der Waals surface area contributed by atoms with Gasteiger partial charge in [-0.2, -0.15) is 0 Å². The Labute approximate surface area is 106 Å². The number of hydrogen-bond acceptors (Lipinski definition) is 2. The van der Waals surface area contributed by atoms with Crippen LogP contribution >= 0.6 is 0 Å². The molecule has 0 N–H and O–H groups in total. The van der Waals surface area contributed by atoms with Gasteiger partial charge in [-0.1, -0.05) is 13.5 Å². The zero-order valence-corrected chi connectivity index (χ0v) is 11.9. The summed E-state index contributed by atoms with van der Waals surface area (Å²) in [5.74, 6) is 0.477. The van der Waals surface area contributed by atoms with Gasteiger partial charge < -0.3 is 4.74 Å². The van der Waals surface area contributed by atoms with Crippen molar-refractivity contribution < 1.29 is 9.53 Å². The predicted octanol–water partition coefficient (Wildman–Crippen LogP) is 4.11. The molecule has 0 aromatic carbocycles. The Balaban J connectivity index is 3.72. The first-order valence-corrected chi connectivity index (χ1v) is 6.30.